The smallest absolute Gasteiger partial charge is 0.416 e. The molecule has 1 aliphatic carbocycles. The van der Waals surface area contributed by atoms with Gasteiger partial charge in [0.25, 0.3) is 0 Å². The number of nitrogens with zero attached hydrogens (tertiary/aromatic N) is 1. The van der Waals surface area contributed by atoms with E-state index in [-0.39, 0.29) is 24.6 Å². The molecule has 1 aliphatic heterocycles. The number of alkyl halides is 6. The summed E-state index contributed by atoms with van der Waals surface area (Å²) in [5, 5.41) is 0. The van der Waals surface area contributed by atoms with Crippen molar-refractivity contribution in [1.82, 2.24) is 4.90 Å². The molecule has 2 aromatic rings. The summed E-state index contributed by atoms with van der Waals surface area (Å²) in [5.74, 6) is 0. The molecule has 1 amide bonds. The number of cyclic esters (lactones) is 1. The summed E-state index contributed by atoms with van der Waals surface area (Å²) in [6.07, 6.45) is -8.74. The average Bonchev–Trinajstić information content (AvgIpc) is 3.16. The summed E-state index contributed by atoms with van der Waals surface area (Å²) in [6, 6.07) is 5.04. The summed E-state index contributed by atoms with van der Waals surface area (Å²) in [4.78, 5) is 14.2. The van der Waals surface area contributed by atoms with E-state index in [9.17, 15) is 31.1 Å². The molecule has 0 spiro atoms. The van der Waals surface area contributed by atoms with Gasteiger partial charge in [-0.05, 0) is 95.3 Å². The Morgan fingerprint density at radius 1 is 0.970 bits per heavy atom. The van der Waals surface area contributed by atoms with Crippen LogP contribution in [0.15, 0.2) is 30.3 Å². The zero-order valence-electron chi connectivity index (χ0n) is 17.5. The van der Waals surface area contributed by atoms with Gasteiger partial charge in [-0.1, -0.05) is 6.07 Å². The molecule has 0 N–H and O–H groups in total. The Bertz CT molecular complexity index is 1050. The highest BCUT2D eigenvalue weighted by Gasteiger charge is 2.40. The van der Waals surface area contributed by atoms with Crippen LogP contribution in [0.5, 0.6) is 0 Å². The fourth-order valence-corrected chi connectivity index (χ4v) is 5.10. The Kier molecular flexibility index (Phi) is 6.34. The van der Waals surface area contributed by atoms with Gasteiger partial charge >= 0.3 is 18.4 Å². The maximum Gasteiger partial charge on any atom is 0.416 e. The van der Waals surface area contributed by atoms with Crippen molar-refractivity contribution in [2.24, 2.45) is 0 Å². The summed E-state index contributed by atoms with van der Waals surface area (Å²) >= 11 is 2.21. The molecular weight excluding hydrogens is 563 g/mol. The van der Waals surface area contributed by atoms with Gasteiger partial charge in [-0.25, -0.2) is 4.79 Å². The van der Waals surface area contributed by atoms with Crippen LogP contribution in [0.25, 0.3) is 0 Å². The molecule has 0 saturated carbocycles. The van der Waals surface area contributed by atoms with Crippen LogP contribution in [-0.4, -0.2) is 17.0 Å². The minimum Gasteiger partial charge on any atom is -0.441 e. The largest absolute Gasteiger partial charge is 0.441 e. The predicted octanol–water partition coefficient (Wildman–Crippen LogP) is 7.29. The Morgan fingerprint density at radius 2 is 1.55 bits per heavy atom. The number of carbonyl (C=O) groups excluding carboxylic acids is 1. The van der Waals surface area contributed by atoms with Crippen LogP contribution in [-0.2, 0) is 36.5 Å². The summed E-state index contributed by atoms with van der Waals surface area (Å²) in [5.41, 5.74) is 0.311. The van der Waals surface area contributed by atoms with Crippen molar-refractivity contribution in [3.63, 3.8) is 0 Å². The molecule has 33 heavy (non-hydrogen) atoms. The Labute approximate surface area is 200 Å². The Balaban J connectivity index is 1.58. The lowest BCUT2D eigenvalue weighted by Gasteiger charge is -2.37. The number of amides is 1. The van der Waals surface area contributed by atoms with Gasteiger partial charge in [0.05, 0.1) is 17.7 Å². The van der Waals surface area contributed by atoms with Crippen LogP contribution in [0, 0.1) is 3.57 Å². The van der Waals surface area contributed by atoms with Gasteiger partial charge in [-0.3, -0.25) is 0 Å². The molecule has 0 bridgehead atoms. The quantitative estimate of drug-likeness (QED) is 0.281. The standard InChI is InChI=1S/C23H20F6INO2/c1-12-5-20(15-7-17(22(24,25)26)10-18(8-15)23(27,28)29)33-21(32)31(12)11-16-6-13-3-2-4-14(13)9-19(16)30/h6-10,12,20H,2-5,11H2,1H3/t12-,20?/m0/s1. The number of carbonyl (C=O) groups is 1. The van der Waals surface area contributed by atoms with E-state index in [0.29, 0.717) is 12.1 Å². The van der Waals surface area contributed by atoms with Gasteiger partial charge in [0.1, 0.15) is 6.10 Å². The molecule has 1 saturated heterocycles. The molecule has 2 aliphatic rings. The average molecular weight is 583 g/mol. The van der Waals surface area contributed by atoms with E-state index in [1.165, 1.54) is 16.0 Å². The lowest BCUT2D eigenvalue weighted by molar-refractivity contribution is -0.143. The summed E-state index contributed by atoms with van der Waals surface area (Å²) in [6.45, 7) is 1.97. The van der Waals surface area contributed by atoms with E-state index in [1.807, 2.05) is 0 Å². The SMILES string of the molecule is C[C@H]1CC(c2cc(C(F)(F)F)cc(C(F)(F)F)c2)OC(=O)N1Cc1cc2c(cc1I)CCC2. The van der Waals surface area contributed by atoms with Crippen molar-refractivity contribution >= 4 is 28.7 Å². The number of rotatable bonds is 3. The lowest BCUT2D eigenvalue weighted by atomic mass is 9.95. The van der Waals surface area contributed by atoms with Gasteiger partial charge in [0.2, 0.25) is 0 Å². The van der Waals surface area contributed by atoms with Gasteiger partial charge in [0.15, 0.2) is 0 Å². The molecule has 2 atom stereocenters. The highest BCUT2D eigenvalue weighted by molar-refractivity contribution is 14.1. The fraction of sp³-hybridized carbons (Fsp3) is 0.435. The minimum atomic E-state index is -4.96. The first-order valence-corrected chi connectivity index (χ1v) is 11.5. The molecule has 10 heteroatoms. The van der Waals surface area contributed by atoms with E-state index in [1.54, 1.807) is 6.92 Å². The van der Waals surface area contributed by atoms with E-state index >= 15 is 0 Å². The topological polar surface area (TPSA) is 29.5 Å². The Hall–Kier alpha value is -1.98. The third kappa shape index (κ3) is 5.09. The van der Waals surface area contributed by atoms with Crippen LogP contribution >= 0.6 is 22.6 Å². The Morgan fingerprint density at radius 3 is 2.09 bits per heavy atom. The maximum atomic E-state index is 13.2. The molecular formula is C23H20F6INO2. The van der Waals surface area contributed by atoms with Crippen molar-refractivity contribution in [1.29, 1.82) is 0 Å². The fourth-order valence-electron chi connectivity index (χ4n) is 4.39. The minimum absolute atomic E-state index is 0.0691. The monoisotopic (exact) mass is 583 g/mol. The number of hydrogen-bond donors (Lipinski definition) is 0. The van der Waals surface area contributed by atoms with Gasteiger partial charge in [0, 0.05) is 16.0 Å². The van der Waals surface area contributed by atoms with Crippen molar-refractivity contribution in [3.05, 3.63) is 67.3 Å². The molecule has 2 aromatic carbocycles. The van der Waals surface area contributed by atoms with Gasteiger partial charge < -0.3 is 9.64 Å². The van der Waals surface area contributed by atoms with E-state index in [2.05, 4.69) is 34.7 Å². The van der Waals surface area contributed by atoms with Crippen molar-refractivity contribution in [3.8, 4) is 0 Å². The van der Waals surface area contributed by atoms with Gasteiger partial charge in [-0.15, -0.1) is 0 Å². The second-order valence-electron chi connectivity index (χ2n) is 8.49. The molecule has 1 heterocycles. The molecule has 1 unspecified atom stereocenters. The van der Waals surface area contributed by atoms with E-state index in [4.69, 9.17) is 4.74 Å². The molecule has 1 fully saturated rings. The van der Waals surface area contributed by atoms with Crippen LogP contribution in [0.4, 0.5) is 31.1 Å². The summed E-state index contributed by atoms with van der Waals surface area (Å²) < 4.78 is 85.6. The number of ether oxygens (including phenoxy) is 1. The zero-order chi connectivity index (χ0) is 24.1. The molecule has 4 rings (SSSR count). The van der Waals surface area contributed by atoms with Crippen molar-refractivity contribution < 1.29 is 35.9 Å². The van der Waals surface area contributed by atoms with Crippen LogP contribution in [0.1, 0.15) is 59.3 Å². The first kappa shape index (κ1) is 24.2. The highest BCUT2D eigenvalue weighted by atomic mass is 127. The zero-order valence-corrected chi connectivity index (χ0v) is 19.6. The first-order valence-electron chi connectivity index (χ1n) is 10.4. The number of fused-ring (bicyclic) bond motifs is 1. The number of halogens is 7. The number of benzene rings is 2. The van der Waals surface area contributed by atoms with E-state index in [0.717, 1.165) is 28.4 Å². The van der Waals surface area contributed by atoms with Crippen molar-refractivity contribution in [2.75, 3.05) is 0 Å². The predicted molar refractivity (Wildman–Crippen MR) is 116 cm³/mol. The third-order valence-electron chi connectivity index (χ3n) is 6.15. The molecule has 0 radical (unpaired) electrons. The first-order chi connectivity index (χ1) is 15.3. The third-order valence-corrected chi connectivity index (χ3v) is 7.15. The second-order valence-corrected chi connectivity index (χ2v) is 9.65. The van der Waals surface area contributed by atoms with Crippen LogP contribution < -0.4 is 0 Å². The maximum absolute atomic E-state index is 13.2. The molecule has 3 nitrogen and oxygen atoms in total. The molecule has 178 valence electrons. The van der Waals surface area contributed by atoms with Crippen molar-refractivity contribution in [2.45, 2.75) is 63.7 Å². The summed E-state index contributed by atoms with van der Waals surface area (Å²) in [7, 11) is 0. The van der Waals surface area contributed by atoms with Crippen LogP contribution in [0.3, 0.4) is 0 Å². The number of hydrogen-bond acceptors (Lipinski definition) is 2. The second kappa shape index (κ2) is 8.66. The normalized spacial score (nSPS) is 21.2. The van der Waals surface area contributed by atoms with Gasteiger partial charge in [-0.2, -0.15) is 26.3 Å². The lowest BCUT2D eigenvalue weighted by Crippen LogP contribution is -2.44. The molecule has 0 aromatic heterocycles. The van der Waals surface area contributed by atoms with E-state index < -0.39 is 41.7 Å². The highest BCUT2D eigenvalue weighted by Crippen LogP contribution is 2.40. The van der Waals surface area contributed by atoms with Crippen LogP contribution in [0.2, 0.25) is 0 Å². The number of aryl methyl sites for hydroxylation is 2.